The first kappa shape index (κ1) is 14.2. The van der Waals surface area contributed by atoms with Crippen LogP contribution in [0.4, 0.5) is 13.2 Å². The highest BCUT2D eigenvalue weighted by Gasteiger charge is 2.43. The molecular weight excluding hydrogens is 249 g/mol. The highest BCUT2D eigenvalue weighted by atomic mass is 19.4. The van der Waals surface area contributed by atoms with Gasteiger partial charge in [0.15, 0.2) is 5.78 Å². The van der Waals surface area contributed by atoms with Crippen molar-refractivity contribution in [1.29, 1.82) is 0 Å². The molecule has 0 aliphatic carbocycles. The second-order valence-electron chi connectivity index (χ2n) is 3.63. The fourth-order valence-corrected chi connectivity index (χ4v) is 1.33. The van der Waals surface area contributed by atoms with E-state index in [0.717, 1.165) is 6.92 Å². The molecule has 0 saturated carbocycles. The Morgan fingerprint density at radius 3 is 2.22 bits per heavy atom. The first-order valence-electron chi connectivity index (χ1n) is 5.13. The zero-order valence-corrected chi connectivity index (χ0v) is 9.53. The summed E-state index contributed by atoms with van der Waals surface area (Å²) in [5.41, 5.74) is 0.152. The van der Waals surface area contributed by atoms with Crippen LogP contribution in [-0.4, -0.2) is 24.0 Å². The number of alkyl halides is 3. The lowest BCUT2D eigenvalue weighted by molar-refractivity contribution is -0.218. The number of carbonyl (C=O) groups is 2. The highest BCUT2D eigenvalue weighted by molar-refractivity contribution is 5.96. The number of ether oxygens (including phenoxy) is 1. The standard InChI is InChI=1S/C12H11F3O3/c1-8(16)18-11(12(13,14)15)7-10(17)9-5-3-2-4-6-9/h2-6,11H,7H2,1H3. The van der Waals surface area contributed by atoms with Crippen molar-refractivity contribution in [1.82, 2.24) is 0 Å². The monoisotopic (exact) mass is 260 g/mol. The molecule has 0 aliphatic rings. The van der Waals surface area contributed by atoms with E-state index in [1.165, 1.54) is 12.1 Å². The quantitative estimate of drug-likeness (QED) is 0.617. The number of halogens is 3. The molecule has 0 N–H and O–H groups in total. The second-order valence-corrected chi connectivity index (χ2v) is 3.63. The molecule has 0 heterocycles. The van der Waals surface area contributed by atoms with Gasteiger partial charge in [-0.3, -0.25) is 9.59 Å². The summed E-state index contributed by atoms with van der Waals surface area (Å²) >= 11 is 0. The van der Waals surface area contributed by atoms with Crippen LogP contribution in [0, 0.1) is 0 Å². The molecule has 0 spiro atoms. The Morgan fingerprint density at radius 1 is 1.22 bits per heavy atom. The van der Waals surface area contributed by atoms with Crippen molar-refractivity contribution in [2.45, 2.75) is 25.6 Å². The molecule has 1 aromatic carbocycles. The summed E-state index contributed by atoms with van der Waals surface area (Å²) in [6, 6.07) is 7.54. The van der Waals surface area contributed by atoms with Crippen LogP contribution >= 0.6 is 0 Å². The summed E-state index contributed by atoms with van der Waals surface area (Å²) in [6.07, 6.45) is -8.06. The maximum atomic E-state index is 12.5. The predicted molar refractivity (Wildman–Crippen MR) is 57.0 cm³/mol. The van der Waals surface area contributed by atoms with Crippen LogP contribution in [0.3, 0.4) is 0 Å². The molecule has 0 aromatic heterocycles. The van der Waals surface area contributed by atoms with Crippen molar-refractivity contribution < 1.29 is 27.5 Å². The lowest BCUT2D eigenvalue weighted by atomic mass is 10.1. The molecular formula is C12H11F3O3. The second kappa shape index (κ2) is 5.66. The molecule has 6 heteroatoms. The van der Waals surface area contributed by atoms with Crippen molar-refractivity contribution in [3.63, 3.8) is 0 Å². The molecule has 0 radical (unpaired) electrons. The molecule has 0 fully saturated rings. The molecule has 0 saturated heterocycles. The molecule has 1 atom stereocenters. The smallest absolute Gasteiger partial charge is 0.425 e. The van der Waals surface area contributed by atoms with Gasteiger partial charge in [0.1, 0.15) is 0 Å². The summed E-state index contributed by atoms with van der Waals surface area (Å²) in [6.45, 7) is 0.867. The number of hydrogen-bond donors (Lipinski definition) is 0. The fraction of sp³-hybridized carbons (Fsp3) is 0.333. The van der Waals surface area contributed by atoms with E-state index < -0.39 is 30.5 Å². The van der Waals surface area contributed by atoms with Crippen molar-refractivity contribution in [2.24, 2.45) is 0 Å². The number of benzene rings is 1. The van der Waals surface area contributed by atoms with E-state index in [-0.39, 0.29) is 5.56 Å². The Labute approximate surface area is 102 Å². The summed E-state index contributed by atoms with van der Waals surface area (Å²) in [4.78, 5) is 22.2. The molecule has 3 nitrogen and oxygen atoms in total. The number of Topliss-reactive ketones (excluding diaryl/α,β-unsaturated/α-hetero) is 1. The SMILES string of the molecule is CC(=O)OC(CC(=O)c1ccccc1)C(F)(F)F. The normalized spacial score (nSPS) is 12.9. The third kappa shape index (κ3) is 4.20. The Kier molecular flexibility index (Phi) is 4.47. The van der Waals surface area contributed by atoms with Gasteiger partial charge in [-0.15, -0.1) is 0 Å². The Balaban J connectivity index is 2.78. The topological polar surface area (TPSA) is 43.4 Å². The number of carbonyl (C=O) groups excluding carboxylic acids is 2. The van der Waals surface area contributed by atoms with Crippen molar-refractivity contribution >= 4 is 11.8 Å². The lowest BCUT2D eigenvalue weighted by Crippen LogP contribution is -2.35. The average Bonchev–Trinajstić information content (AvgIpc) is 2.27. The van der Waals surface area contributed by atoms with Gasteiger partial charge in [0.05, 0.1) is 6.42 Å². The van der Waals surface area contributed by atoms with E-state index in [9.17, 15) is 22.8 Å². The zero-order chi connectivity index (χ0) is 13.8. The Hall–Kier alpha value is -1.85. The third-order valence-electron chi connectivity index (χ3n) is 2.14. The van der Waals surface area contributed by atoms with Gasteiger partial charge in [-0.1, -0.05) is 30.3 Å². The lowest BCUT2D eigenvalue weighted by Gasteiger charge is -2.19. The van der Waals surface area contributed by atoms with Gasteiger partial charge in [-0.05, 0) is 0 Å². The van der Waals surface area contributed by atoms with Gasteiger partial charge in [0.25, 0.3) is 0 Å². The molecule has 0 aliphatic heterocycles. The Morgan fingerprint density at radius 2 is 1.78 bits per heavy atom. The van der Waals surface area contributed by atoms with Crippen LogP contribution in [0.25, 0.3) is 0 Å². The number of ketones is 1. The number of esters is 1. The first-order chi connectivity index (χ1) is 8.30. The van der Waals surface area contributed by atoms with Gasteiger partial charge in [-0.25, -0.2) is 0 Å². The summed E-state index contributed by atoms with van der Waals surface area (Å²) < 4.78 is 41.7. The van der Waals surface area contributed by atoms with E-state index in [0.29, 0.717) is 0 Å². The van der Waals surface area contributed by atoms with Crippen LogP contribution in [-0.2, 0) is 9.53 Å². The minimum absolute atomic E-state index is 0.152. The van der Waals surface area contributed by atoms with Gasteiger partial charge < -0.3 is 4.74 Å². The van der Waals surface area contributed by atoms with Crippen LogP contribution in [0.5, 0.6) is 0 Å². The Bertz CT molecular complexity index is 426. The molecule has 1 rings (SSSR count). The van der Waals surface area contributed by atoms with Crippen LogP contribution in [0.2, 0.25) is 0 Å². The summed E-state index contributed by atoms with van der Waals surface area (Å²) in [5.74, 6) is -1.79. The van der Waals surface area contributed by atoms with E-state index in [4.69, 9.17) is 0 Å². The van der Waals surface area contributed by atoms with E-state index >= 15 is 0 Å². The first-order valence-corrected chi connectivity index (χ1v) is 5.13. The molecule has 1 unspecified atom stereocenters. The van der Waals surface area contributed by atoms with Crippen LogP contribution < -0.4 is 0 Å². The molecule has 0 amide bonds. The molecule has 1 aromatic rings. The number of hydrogen-bond acceptors (Lipinski definition) is 3. The van der Waals surface area contributed by atoms with Crippen molar-refractivity contribution in [3.05, 3.63) is 35.9 Å². The third-order valence-corrected chi connectivity index (χ3v) is 2.14. The van der Waals surface area contributed by atoms with Gasteiger partial charge >= 0.3 is 12.1 Å². The molecule has 0 bridgehead atoms. The highest BCUT2D eigenvalue weighted by Crippen LogP contribution is 2.26. The minimum Gasteiger partial charge on any atom is -0.452 e. The zero-order valence-electron chi connectivity index (χ0n) is 9.53. The predicted octanol–water partition coefficient (Wildman–Crippen LogP) is 2.75. The van der Waals surface area contributed by atoms with Gasteiger partial charge in [0, 0.05) is 12.5 Å². The fourth-order valence-electron chi connectivity index (χ4n) is 1.33. The maximum Gasteiger partial charge on any atom is 0.425 e. The van der Waals surface area contributed by atoms with Crippen molar-refractivity contribution in [2.75, 3.05) is 0 Å². The van der Waals surface area contributed by atoms with Gasteiger partial charge in [0.2, 0.25) is 6.10 Å². The van der Waals surface area contributed by atoms with Crippen molar-refractivity contribution in [3.8, 4) is 0 Å². The summed E-state index contributed by atoms with van der Waals surface area (Å²) in [5, 5.41) is 0. The average molecular weight is 260 g/mol. The van der Waals surface area contributed by atoms with E-state index in [1.54, 1.807) is 18.2 Å². The van der Waals surface area contributed by atoms with Gasteiger partial charge in [-0.2, -0.15) is 13.2 Å². The van der Waals surface area contributed by atoms with E-state index in [1.807, 2.05) is 0 Å². The molecule has 98 valence electrons. The van der Waals surface area contributed by atoms with E-state index in [2.05, 4.69) is 4.74 Å². The van der Waals surface area contributed by atoms with Crippen LogP contribution in [0.1, 0.15) is 23.7 Å². The largest absolute Gasteiger partial charge is 0.452 e. The minimum atomic E-state index is -4.75. The van der Waals surface area contributed by atoms with Crippen LogP contribution in [0.15, 0.2) is 30.3 Å². The molecule has 18 heavy (non-hydrogen) atoms. The maximum absolute atomic E-state index is 12.5. The summed E-state index contributed by atoms with van der Waals surface area (Å²) in [7, 11) is 0. The number of rotatable bonds is 4.